The number of hydrogen-bond acceptors (Lipinski definition) is 5. The normalized spacial score (nSPS) is 11.9. The van der Waals surface area contributed by atoms with Crippen molar-refractivity contribution >= 4 is 26.9 Å². The monoisotopic (exact) mass is 402 g/mol. The summed E-state index contributed by atoms with van der Waals surface area (Å²) in [7, 11) is 0.809. The van der Waals surface area contributed by atoms with Gasteiger partial charge in [-0.2, -0.15) is 4.73 Å². The van der Waals surface area contributed by atoms with Crippen molar-refractivity contribution in [3.05, 3.63) is 64.8 Å². The van der Waals surface area contributed by atoms with Crippen molar-refractivity contribution in [1.29, 1.82) is 0 Å². The van der Waals surface area contributed by atoms with Crippen LogP contribution < -0.4 is 0 Å². The molecule has 0 bridgehead atoms. The Kier molecular flexibility index (Phi) is 5.18. The molecule has 0 unspecified atom stereocenters. The summed E-state index contributed by atoms with van der Waals surface area (Å²) in [5, 5.41) is 11.1. The molecule has 0 aliphatic carbocycles. The van der Waals surface area contributed by atoms with Crippen LogP contribution in [-0.4, -0.2) is 49.8 Å². The van der Waals surface area contributed by atoms with Gasteiger partial charge < -0.3 is 9.94 Å². The van der Waals surface area contributed by atoms with Crippen LogP contribution in [0, 0.1) is 6.92 Å². The average molecular weight is 402 g/mol. The van der Waals surface area contributed by atoms with Gasteiger partial charge in [0.25, 0.3) is 0 Å². The van der Waals surface area contributed by atoms with E-state index in [4.69, 9.17) is 4.74 Å². The molecule has 0 aliphatic heterocycles. The number of benzene rings is 2. The zero-order valence-corrected chi connectivity index (χ0v) is 16.9. The summed E-state index contributed by atoms with van der Waals surface area (Å²) in [6.45, 7) is 1.79. The van der Waals surface area contributed by atoms with Crippen molar-refractivity contribution in [1.82, 2.24) is 9.04 Å². The molecule has 0 amide bonds. The summed E-state index contributed by atoms with van der Waals surface area (Å²) < 4.78 is 31.5. The van der Waals surface area contributed by atoms with Crippen molar-refractivity contribution in [3.63, 3.8) is 0 Å². The molecule has 0 aliphatic rings. The number of carbonyl (C=O) groups is 1. The number of rotatable bonds is 5. The van der Waals surface area contributed by atoms with E-state index in [2.05, 4.69) is 0 Å². The summed E-state index contributed by atoms with van der Waals surface area (Å²) in [5.41, 5.74) is 3.38. The molecular formula is C20H22N2O5S. The lowest BCUT2D eigenvalue weighted by Gasteiger charge is -2.11. The lowest BCUT2D eigenvalue weighted by atomic mass is 10.0. The second-order valence-electron chi connectivity index (χ2n) is 6.71. The minimum Gasteiger partial charge on any atom is -0.465 e. The molecule has 0 radical (unpaired) electrons. The molecule has 0 atom stereocenters. The molecule has 0 fully saturated rings. The van der Waals surface area contributed by atoms with Crippen molar-refractivity contribution in [2.24, 2.45) is 0 Å². The predicted octanol–water partition coefficient (Wildman–Crippen LogP) is 2.81. The quantitative estimate of drug-likeness (QED) is 0.524. The summed E-state index contributed by atoms with van der Waals surface area (Å²) in [6.07, 6.45) is 0.475. The van der Waals surface area contributed by atoms with Gasteiger partial charge in [-0.25, -0.2) is 17.5 Å². The summed E-state index contributed by atoms with van der Waals surface area (Å²) in [5.74, 6) is -0.450. The maximum Gasteiger partial charge on any atom is 0.337 e. The van der Waals surface area contributed by atoms with E-state index in [0.717, 1.165) is 21.2 Å². The minimum atomic E-state index is -3.49. The van der Waals surface area contributed by atoms with Crippen LogP contribution in [0.1, 0.15) is 27.2 Å². The van der Waals surface area contributed by atoms with E-state index in [9.17, 15) is 18.4 Å². The third-order valence-electron chi connectivity index (χ3n) is 4.81. The molecule has 0 spiro atoms. The van der Waals surface area contributed by atoms with Crippen LogP contribution in [0.4, 0.5) is 0 Å². The van der Waals surface area contributed by atoms with Crippen LogP contribution in [0.2, 0.25) is 0 Å². The van der Waals surface area contributed by atoms with Gasteiger partial charge >= 0.3 is 5.97 Å². The van der Waals surface area contributed by atoms with Gasteiger partial charge in [-0.05, 0) is 54.8 Å². The third kappa shape index (κ3) is 3.36. The van der Waals surface area contributed by atoms with Crippen molar-refractivity contribution in [2.45, 2.75) is 18.2 Å². The Morgan fingerprint density at radius 1 is 1.14 bits per heavy atom. The lowest BCUT2D eigenvalue weighted by molar-refractivity contribution is 0.0601. The topological polar surface area (TPSA) is 88.8 Å². The molecule has 7 nitrogen and oxygen atoms in total. The second kappa shape index (κ2) is 7.29. The molecular weight excluding hydrogens is 380 g/mol. The molecule has 148 valence electrons. The van der Waals surface area contributed by atoms with Gasteiger partial charge in [0.15, 0.2) is 0 Å². The van der Waals surface area contributed by atoms with E-state index in [1.807, 2.05) is 0 Å². The number of aromatic nitrogens is 1. The van der Waals surface area contributed by atoms with Gasteiger partial charge in [0.1, 0.15) is 0 Å². The Labute approximate surface area is 163 Å². The lowest BCUT2D eigenvalue weighted by Crippen LogP contribution is -2.22. The number of fused-ring (bicyclic) bond motifs is 1. The zero-order valence-electron chi connectivity index (χ0n) is 16.1. The van der Waals surface area contributed by atoms with Gasteiger partial charge in [0, 0.05) is 19.5 Å². The number of ether oxygens (including phenoxy) is 1. The summed E-state index contributed by atoms with van der Waals surface area (Å²) >= 11 is 0. The first-order valence-corrected chi connectivity index (χ1v) is 10.0. The average Bonchev–Trinajstić information content (AvgIpc) is 2.92. The van der Waals surface area contributed by atoms with Crippen LogP contribution >= 0.6 is 0 Å². The van der Waals surface area contributed by atoms with E-state index in [1.54, 1.807) is 49.4 Å². The Bertz CT molecular complexity index is 1150. The first kappa shape index (κ1) is 19.9. The van der Waals surface area contributed by atoms with E-state index in [1.165, 1.54) is 25.5 Å². The van der Waals surface area contributed by atoms with Gasteiger partial charge in [-0.15, -0.1) is 0 Å². The number of nitrogens with zero attached hydrogens (tertiary/aromatic N) is 2. The molecule has 0 saturated heterocycles. The molecule has 8 heteroatoms. The summed E-state index contributed by atoms with van der Waals surface area (Å²) in [4.78, 5) is 12.1. The first-order valence-electron chi connectivity index (χ1n) is 8.59. The Hall–Kier alpha value is -2.84. The molecule has 1 heterocycles. The smallest absolute Gasteiger partial charge is 0.337 e. The van der Waals surface area contributed by atoms with Crippen LogP contribution in [0.5, 0.6) is 0 Å². The fourth-order valence-electron chi connectivity index (χ4n) is 3.13. The third-order valence-corrected chi connectivity index (χ3v) is 6.64. The highest BCUT2D eigenvalue weighted by Gasteiger charge is 2.19. The molecule has 0 saturated carbocycles. The Morgan fingerprint density at radius 2 is 1.79 bits per heavy atom. The van der Waals surface area contributed by atoms with Gasteiger partial charge in [0.05, 0.1) is 28.8 Å². The molecule has 1 aromatic heterocycles. The van der Waals surface area contributed by atoms with E-state index in [0.29, 0.717) is 23.2 Å². The van der Waals surface area contributed by atoms with Crippen molar-refractivity contribution in [3.8, 4) is 0 Å². The number of hydrogen-bond donors (Lipinski definition) is 1. The number of methoxy groups -OCH3 is 1. The van der Waals surface area contributed by atoms with Crippen LogP contribution in [0.15, 0.2) is 47.4 Å². The van der Waals surface area contributed by atoms with Crippen molar-refractivity contribution < 1.29 is 23.2 Å². The standard InChI is InChI=1S/C20H22N2O5S/c1-13-17(11-14-5-8-16(9-6-14)28(25,26)21(2)3)18-12-15(20(23)27-4)7-10-19(18)22(13)24/h5-10,12,24H,11H2,1-4H3. The second-order valence-corrected chi connectivity index (χ2v) is 8.86. The zero-order chi connectivity index (χ0) is 20.6. The SMILES string of the molecule is COC(=O)c1ccc2c(c1)c(Cc1ccc(S(=O)(=O)N(C)C)cc1)c(C)n2O. The highest BCUT2D eigenvalue weighted by atomic mass is 32.2. The highest BCUT2D eigenvalue weighted by Crippen LogP contribution is 2.28. The molecule has 28 heavy (non-hydrogen) atoms. The fourth-order valence-corrected chi connectivity index (χ4v) is 4.03. The van der Waals surface area contributed by atoms with Crippen LogP contribution in [-0.2, 0) is 21.2 Å². The van der Waals surface area contributed by atoms with Crippen LogP contribution in [0.3, 0.4) is 0 Å². The van der Waals surface area contributed by atoms with E-state index in [-0.39, 0.29) is 4.90 Å². The number of carbonyl (C=O) groups excluding carboxylic acids is 1. The number of sulfonamides is 1. The highest BCUT2D eigenvalue weighted by molar-refractivity contribution is 7.89. The van der Waals surface area contributed by atoms with Gasteiger partial charge in [0.2, 0.25) is 10.0 Å². The largest absolute Gasteiger partial charge is 0.465 e. The van der Waals surface area contributed by atoms with Crippen molar-refractivity contribution in [2.75, 3.05) is 21.2 Å². The fraction of sp³-hybridized carbons (Fsp3) is 0.250. The summed E-state index contributed by atoms with van der Waals surface area (Å²) in [6, 6.07) is 11.6. The van der Waals surface area contributed by atoms with E-state index >= 15 is 0 Å². The number of esters is 1. The molecule has 3 rings (SSSR count). The van der Waals surface area contributed by atoms with E-state index < -0.39 is 16.0 Å². The molecule has 2 aromatic carbocycles. The maximum atomic E-state index is 12.2. The predicted molar refractivity (Wildman–Crippen MR) is 105 cm³/mol. The Morgan fingerprint density at radius 3 is 2.36 bits per heavy atom. The Balaban J connectivity index is 2.02. The first-order chi connectivity index (χ1) is 13.2. The maximum absolute atomic E-state index is 12.2. The molecule has 1 N–H and O–H groups in total. The van der Waals surface area contributed by atoms with Gasteiger partial charge in [-0.1, -0.05) is 12.1 Å². The van der Waals surface area contributed by atoms with Crippen LogP contribution in [0.25, 0.3) is 10.9 Å². The molecule has 3 aromatic rings. The van der Waals surface area contributed by atoms with Gasteiger partial charge in [-0.3, -0.25) is 0 Å². The minimum absolute atomic E-state index is 0.218.